The Labute approximate surface area is 50.0 Å². The van der Waals surface area contributed by atoms with Gasteiger partial charge in [0.25, 0.3) is 0 Å². The van der Waals surface area contributed by atoms with E-state index in [1.165, 1.54) is 5.46 Å². The summed E-state index contributed by atoms with van der Waals surface area (Å²) in [6, 6.07) is 3.95. The Kier molecular flexibility index (Phi) is 1.68. The molecule has 0 atom stereocenters. The van der Waals surface area contributed by atoms with Gasteiger partial charge in [0.15, 0.2) is 0 Å². The van der Waals surface area contributed by atoms with E-state index < -0.39 is 0 Å². The predicted octanol–water partition coefficient (Wildman–Crippen LogP) is 0.459. The Hall–Kier alpha value is -0.785. The summed E-state index contributed by atoms with van der Waals surface area (Å²) in [6.07, 6.45) is 3.60. The van der Waals surface area contributed by atoms with Crippen molar-refractivity contribution >= 4 is 12.7 Å². The van der Waals surface area contributed by atoms with E-state index >= 15 is 0 Å². The molecule has 0 aliphatic rings. The summed E-state index contributed by atoms with van der Waals surface area (Å²) >= 11 is 0. The lowest BCUT2D eigenvalue weighted by atomic mass is 9.74. The van der Waals surface area contributed by atoms with Gasteiger partial charge < -0.3 is 0 Å². The highest BCUT2D eigenvalue weighted by atomic mass is 14.6. The van der Waals surface area contributed by atoms with Crippen LogP contribution in [0.1, 0.15) is 0 Å². The molecule has 0 aliphatic heterocycles. The Morgan fingerprint density at radius 3 is 2.88 bits per heavy atom. The fraction of sp³-hybridized carbons (Fsp3) is 0.167. The van der Waals surface area contributed by atoms with Crippen molar-refractivity contribution in [3.63, 3.8) is 0 Å². The maximum atomic E-state index is 3.92. The fourth-order valence-corrected chi connectivity index (χ4v) is 0.547. The van der Waals surface area contributed by atoms with Crippen molar-refractivity contribution in [3.8, 4) is 0 Å². The average Bonchev–Trinajstić information content (AvgIpc) is 1.90. The van der Waals surface area contributed by atoms with Crippen molar-refractivity contribution in [1.82, 2.24) is 4.98 Å². The van der Waals surface area contributed by atoms with E-state index in [0.717, 1.165) is 0 Å². The van der Waals surface area contributed by atoms with E-state index in [1.807, 2.05) is 32.4 Å². The lowest BCUT2D eigenvalue weighted by molar-refractivity contribution is 1.35. The number of rotatable bonds is 1. The smallest absolute Gasteiger partial charge is 0.150 e. The largest absolute Gasteiger partial charge is 0.265 e. The second-order valence-corrected chi connectivity index (χ2v) is 1.58. The molecular weight excluding hydrogens is 96.9 g/mol. The first kappa shape index (κ1) is 5.35. The maximum absolute atomic E-state index is 3.92. The third kappa shape index (κ3) is 1.09. The van der Waals surface area contributed by atoms with E-state index in [2.05, 4.69) is 4.98 Å². The van der Waals surface area contributed by atoms with Crippen molar-refractivity contribution in [2.45, 2.75) is 6.82 Å². The molecule has 0 saturated heterocycles. The molecule has 1 nitrogen and oxygen atoms in total. The van der Waals surface area contributed by atoms with Crippen molar-refractivity contribution in [3.05, 3.63) is 24.5 Å². The van der Waals surface area contributed by atoms with Gasteiger partial charge in [0.2, 0.25) is 0 Å². The third-order valence-corrected chi connectivity index (χ3v) is 1.02. The van der Waals surface area contributed by atoms with Crippen LogP contribution in [-0.4, -0.2) is 12.3 Å². The quantitative estimate of drug-likeness (QED) is 0.471. The minimum atomic E-state index is 1.17. The lowest BCUT2D eigenvalue weighted by Gasteiger charge is -1.87. The first-order chi connectivity index (χ1) is 3.93. The molecule has 0 fully saturated rings. The van der Waals surface area contributed by atoms with Crippen LogP contribution in [0.4, 0.5) is 0 Å². The van der Waals surface area contributed by atoms with Gasteiger partial charge in [-0.25, -0.2) is 0 Å². The molecule has 39 valence electrons. The molecule has 1 aromatic rings. The van der Waals surface area contributed by atoms with Gasteiger partial charge in [-0.2, -0.15) is 0 Å². The third-order valence-electron chi connectivity index (χ3n) is 1.02. The molecule has 2 heteroatoms. The van der Waals surface area contributed by atoms with Crippen molar-refractivity contribution in [1.29, 1.82) is 0 Å². The van der Waals surface area contributed by atoms with Gasteiger partial charge >= 0.3 is 0 Å². The first-order valence-electron chi connectivity index (χ1n) is 2.63. The Bertz CT molecular complexity index is 150. The standard InChI is InChI=1S/C6H7BN/c1-7-6-3-2-4-8-5-6/h2-5H,1H3. The molecule has 1 aromatic heterocycles. The second kappa shape index (κ2) is 2.50. The molecule has 1 heterocycles. The van der Waals surface area contributed by atoms with E-state index in [1.54, 1.807) is 6.20 Å². The fourth-order valence-electron chi connectivity index (χ4n) is 0.547. The summed E-state index contributed by atoms with van der Waals surface area (Å²) < 4.78 is 0. The molecule has 0 spiro atoms. The number of aromatic nitrogens is 1. The van der Waals surface area contributed by atoms with Gasteiger partial charge in [-0.05, 0) is 6.07 Å². The molecule has 0 unspecified atom stereocenters. The molecule has 8 heavy (non-hydrogen) atoms. The van der Waals surface area contributed by atoms with E-state index in [-0.39, 0.29) is 0 Å². The van der Waals surface area contributed by atoms with Crippen LogP contribution in [0.25, 0.3) is 0 Å². The molecule has 0 saturated carbocycles. The van der Waals surface area contributed by atoms with Crippen molar-refractivity contribution in [2.75, 3.05) is 0 Å². The van der Waals surface area contributed by atoms with Crippen molar-refractivity contribution in [2.24, 2.45) is 0 Å². The summed E-state index contributed by atoms with van der Waals surface area (Å²) in [5, 5.41) is 0. The van der Waals surface area contributed by atoms with Gasteiger partial charge in [-0.15, -0.1) is 0 Å². The van der Waals surface area contributed by atoms with Crippen LogP contribution in [0.5, 0.6) is 0 Å². The van der Waals surface area contributed by atoms with Gasteiger partial charge in [-0.1, -0.05) is 18.4 Å². The molecular formula is C6H7BN. The molecule has 0 aliphatic carbocycles. The molecule has 1 radical (unpaired) electrons. The monoisotopic (exact) mass is 104 g/mol. The van der Waals surface area contributed by atoms with Crippen LogP contribution in [0.3, 0.4) is 0 Å². The summed E-state index contributed by atoms with van der Waals surface area (Å²) in [7, 11) is 2.02. The van der Waals surface area contributed by atoms with Gasteiger partial charge in [0, 0.05) is 12.4 Å². The Morgan fingerprint density at radius 1 is 1.62 bits per heavy atom. The highest BCUT2D eigenvalue weighted by Gasteiger charge is 1.83. The minimum Gasteiger partial charge on any atom is -0.265 e. The number of nitrogens with zero attached hydrogens (tertiary/aromatic N) is 1. The van der Waals surface area contributed by atoms with Crippen LogP contribution >= 0.6 is 0 Å². The minimum absolute atomic E-state index is 1.17. The molecule has 0 amide bonds. The topological polar surface area (TPSA) is 12.9 Å². The second-order valence-electron chi connectivity index (χ2n) is 1.58. The Balaban J connectivity index is 2.83. The van der Waals surface area contributed by atoms with Crippen LogP contribution in [0.15, 0.2) is 24.5 Å². The van der Waals surface area contributed by atoms with E-state index in [0.29, 0.717) is 0 Å². The lowest BCUT2D eigenvalue weighted by Crippen LogP contribution is -2.09. The van der Waals surface area contributed by atoms with E-state index in [9.17, 15) is 0 Å². The number of hydrogen-bond donors (Lipinski definition) is 0. The molecule has 0 bridgehead atoms. The van der Waals surface area contributed by atoms with Crippen LogP contribution in [-0.2, 0) is 0 Å². The molecule has 0 N–H and O–H groups in total. The molecule has 0 aromatic carbocycles. The van der Waals surface area contributed by atoms with Crippen LogP contribution in [0.2, 0.25) is 6.82 Å². The normalized spacial score (nSPS) is 8.62. The van der Waals surface area contributed by atoms with Gasteiger partial charge in [-0.3, -0.25) is 4.98 Å². The summed E-state index contributed by atoms with van der Waals surface area (Å²) in [6.45, 7) is 2.00. The zero-order chi connectivity index (χ0) is 5.82. The van der Waals surface area contributed by atoms with Crippen LogP contribution < -0.4 is 5.46 Å². The number of pyridine rings is 1. The summed E-state index contributed by atoms with van der Waals surface area (Å²) in [5.74, 6) is 0. The SMILES string of the molecule is C[B]c1cccnc1. The zero-order valence-corrected chi connectivity index (χ0v) is 4.83. The van der Waals surface area contributed by atoms with Gasteiger partial charge in [0.05, 0.1) is 0 Å². The predicted molar refractivity (Wildman–Crippen MR) is 35.5 cm³/mol. The van der Waals surface area contributed by atoms with E-state index in [4.69, 9.17) is 0 Å². The first-order valence-corrected chi connectivity index (χ1v) is 2.63. The van der Waals surface area contributed by atoms with Crippen LogP contribution in [0, 0.1) is 0 Å². The average molecular weight is 104 g/mol. The highest BCUT2D eigenvalue weighted by molar-refractivity contribution is 6.51. The van der Waals surface area contributed by atoms with Crippen molar-refractivity contribution < 1.29 is 0 Å². The maximum Gasteiger partial charge on any atom is 0.150 e. The summed E-state index contributed by atoms with van der Waals surface area (Å²) in [5.41, 5.74) is 1.17. The summed E-state index contributed by atoms with van der Waals surface area (Å²) in [4.78, 5) is 3.92. The zero-order valence-electron chi connectivity index (χ0n) is 4.83. The molecule has 1 rings (SSSR count). The number of hydrogen-bond acceptors (Lipinski definition) is 1. The van der Waals surface area contributed by atoms with Gasteiger partial charge in [0.1, 0.15) is 7.28 Å². The Morgan fingerprint density at radius 2 is 2.50 bits per heavy atom. The highest BCUT2D eigenvalue weighted by Crippen LogP contribution is 1.73.